The van der Waals surface area contributed by atoms with Crippen molar-refractivity contribution < 1.29 is 26.3 Å². The van der Waals surface area contributed by atoms with Crippen molar-refractivity contribution in [1.29, 1.82) is 0 Å². The Hall–Kier alpha value is -3.52. The molecular formula is C24H17NO. The van der Waals surface area contributed by atoms with Crippen LogP contribution in [0.25, 0.3) is 33.1 Å². The Morgan fingerprint density at radius 3 is 2.15 bits per heavy atom. The summed E-state index contributed by atoms with van der Waals surface area (Å²) in [6, 6.07) is -10.9. The molecule has 1 N–H and O–H groups in total. The van der Waals surface area contributed by atoms with Gasteiger partial charge in [-0.25, -0.2) is 0 Å². The van der Waals surface area contributed by atoms with Crippen molar-refractivity contribution >= 4 is 33.3 Å². The highest BCUT2D eigenvalue weighted by Gasteiger charge is 2.10. The number of nitrogens with one attached hydrogen (secondary N) is 1. The van der Waals surface area contributed by atoms with Gasteiger partial charge in [-0.05, 0) is 35.3 Å². The maximum Gasteiger partial charge on any atom is 0.158 e. The van der Waals surface area contributed by atoms with Gasteiger partial charge in [0, 0.05) is 16.5 Å². The Morgan fingerprint density at radius 1 is 0.615 bits per heavy atom. The van der Waals surface area contributed by atoms with Crippen molar-refractivity contribution in [2.45, 2.75) is 0 Å². The normalized spacial score (nSPS) is 19.7. The first-order valence-electron chi connectivity index (χ1n) is 15.4. The summed E-state index contributed by atoms with van der Waals surface area (Å²) in [5, 5.41) is 2.11. The molecular weight excluding hydrogens is 318 g/mol. The van der Waals surface area contributed by atoms with E-state index < -0.39 is 119 Å². The van der Waals surface area contributed by atoms with E-state index in [1.807, 2.05) is 0 Å². The van der Waals surface area contributed by atoms with Gasteiger partial charge in [-0.15, -0.1) is 0 Å². The van der Waals surface area contributed by atoms with Crippen LogP contribution < -0.4 is 5.32 Å². The van der Waals surface area contributed by atoms with Gasteiger partial charge in [0.15, 0.2) is 5.58 Å². The van der Waals surface area contributed by atoms with Crippen molar-refractivity contribution in [2.75, 3.05) is 5.32 Å². The van der Waals surface area contributed by atoms with Gasteiger partial charge in [0.25, 0.3) is 0 Å². The summed E-state index contributed by atoms with van der Waals surface area (Å²) in [4.78, 5) is 0. The fraction of sp³-hybridized carbons (Fsp3) is 0. The molecule has 1 aromatic heterocycles. The molecule has 0 atom stereocenters. The fourth-order valence-corrected chi connectivity index (χ4v) is 2.42. The molecule has 0 bridgehead atoms. The van der Waals surface area contributed by atoms with E-state index in [1.165, 1.54) is 0 Å². The first-order valence-corrected chi connectivity index (χ1v) is 7.41. The molecule has 1 heterocycles. The van der Waals surface area contributed by atoms with Crippen LogP contribution in [-0.4, -0.2) is 0 Å². The Kier molecular flexibility index (Phi) is 1.35. The van der Waals surface area contributed by atoms with Gasteiger partial charge in [-0.1, -0.05) is 72.5 Å². The molecule has 0 aliphatic rings. The smallest absolute Gasteiger partial charge is 0.158 e. The van der Waals surface area contributed by atoms with Crippen LogP contribution in [0.1, 0.15) is 21.9 Å². The van der Waals surface area contributed by atoms with Crippen molar-refractivity contribution in [3.8, 4) is 11.1 Å². The van der Waals surface area contributed by atoms with Crippen LogP contribution in [0.2, 0.25) is 0 Å². The average molecular weight is 352 g/mol. The van der Waals surface area contributed by atoms with Gasteiger partial charge in [0.1, 0.15) is 5.58 Å². The first-order chi connectivity index (χ1) is 19.5. The van der Waals surface area contributed by atoms with Gasteiger partial charge in [0.05, 0.1) is 27.6 Å². The summed E-state index contributed by atoms with van der Waals surface area (Å²) in [5.41, 5.74) is -2.74. The SMILES string of the molecule is [2H]c1c([2H])c([2H])c(-c2c([2H])c([2H])c(Nc3c([2H])c([2H])c([2H])c4c3oc3c([2H])c([2H])c([2H])c([2H])c34)c([2H])c2[2H])c([2H])c1[2H]. The molecule has 2 heteroatoms. The van der Waals surface area contributed by atoms with E-state index in [9.17, 15) is 0 Å². The molecule has 5 rings (SSSR count). The molecule has 4 aromatic carbocycles. The number of fused-ring (bicyclic) bond motifs is 3. The second-order valence-electron chi connectivity index (χ2n) is 5.14. The third-order valence-electron chi connectivity index (χ3n) is 3.56. The summed E-state index contributed by atoms with van der Waals surface area (Å²) >= 11 is 0. The third kappa shape index (κ3) is 2.52. The number of benzene rings is 4. The van der Waals surface area contributed by atoms with Crippen LogP contribution >= 0.6 is 0 Å². The predicted molar refractivity (Wildman–Crippen MR) is 109 cm³/mol. The van der Waals surface area contributed by atoms with E-state index in [0.717, 1.165) is 0 Å². The molecule has 26 heavy (non-hydrogen) atoms. The molecule has 0 saturated heterocycles. The number of hydrogen-bond donors (Lipinski definition) is 1. The maximum absolute atomic E-state index is 8.58. The molecule has 124 valence electrons. The highest BCUT2D eigenvalue weighted by molar-refractivity contribution is 6.09. The van der Waals surface area contributed by atoms with Crippen molar-refractivity contribution in [3.05, 3.63) is 96.7 Å². The minimum absolute atomic E-state index is 0.214. The Bertz CT molecular complexity index is 1970. The summed E-state index contributed by atoms with van der Waals surface area (Å²) in [7, 11) is 0. The third-order valence-corrected chi connectivity index (χ3v) is 3.56. The lowest BCUT2D eigenvalue weighted by atomic mass is 10.1. The molecule has 0 fully saturated rings. The van der Waals surface area contributed by atoms with E-state index in [2.05, 4.69) is 5.32 Å². The summed E-state index contributed by atoms with van der Waals surface area (Å²) in [6.45, 7) is 0. The monoisotopic (exact) mass is 351 g/mol. The zero-order valence-corrected chi connectivity index (χ0v) is 12.9. The average Bonchev–Trinajstić information content (AvgIpc) is 3.37. The van der Waals surface area contributed by atoms with E-state index in [4.69, 9.17) is 26.3 Å². The van der Waals surface area contributed by atoms with Crippen LogP contribution in [0.5, 0.6) is 0 Å². The van der Waals surface area contributed by atoms with Crippen LogP contribution in [-0.2, 0) is 0 Å². The minimum Gasteiger partial charge on any atom is -0.454 e. The van der Waals surface area contributed by atoms with E-state index >= 15 is 0 Å². The first kappa shape index (κ1) is 5.75. The molecule has 0 radical (unpaired) electrons. The standard InChI is InChI=1S/C24H17NO/c1-2-7-17(8-3-1)18-13-15-19(16-14-18)25-22-11-6-10-21-20-9-4-5-12-23(20)26-24(21)22/h1-16,25H/i1D,2D,3D,4D,5D,6D,7D,8D,9D,10D,11D,12D,13D,14D,15D,16D. The fourth-order valence-electron chi connectivity index (χ4n) is 2.42. The Labute approximate surface area is 174 Å². The number of anilines is 2. The van der Waals surface area contributed by atoms with Crippen LogP contribution in [0.4, 0.5) is 11.4 Å². The molecule has 0 aliphatic carbocycles. The van der Waals surface area contributed by atoms with E-state index in [0.29, 0.717) is 0 Å². The van der Waals surface area contributed by atoms with Crippen LogP contribution in [0, 0.1) is 0 Å². The number of rotatable bonds is 3. The van der Waals surface area contributed by atoms with Crippen molar-refractivity contribution in [1.82, 2.24) is 0 Å². The van der Waals surface area contributed by atoms with Crippen LogP contribution in [0.15, 0.2) is 101 Å². The van der Waals surface area contributed by atoms with Crippen molar-refractivity contribution in [3.63, 3.8) is 0 Å². The summed E-state index contributed by atoms with van der Waals surface area (Å²) in [6.07, 6.45) is 0. The molecule has 2 nitrogen and oxygen atoms in total. The highest BCUT2D eigenvalue weighted by atomic mass is 16.3. The predicted octanol–water partition coefficient (Wildman–Crippen LogP) is 7.00. The Balaban J connectivity index is 1.83. The molecule has 5 aromatic rings. The number of para-hydroxylation sites is 2. The lowest BCUT2D eigenvalue weighted by Gasteiger charge is -2.08. The molecule has 0 saturated carbocycles. The number of hydrogen-bond acceptors (Lipinski definition) is 2. The summed E-state index contributed by atoms with van der Waals surface area (Å²) < 4.78 is 138. The molecule has 0 amide bonds. The summed E-state index contributed by atoms with van der Waals surface area (Å²) in [5.74, 6) is 0. The topological polar surface area (TPSA) is 25.2 Å². The van der Waals surface area contributed by atoms with E-state index in [1.54, 1.807) is 0 Å². The maximum atomic E-state index is 8.58. The Morgan fingerprint density at radius 2 is 1.31 bits per heavy atom. The quantitative estimate of drug-likeness (QED) is 0.379. The zero-order valence-electron chi connectivity index (χ0n) is 28.9. The van der Waals surface area contributed by atoms with Crippen molar-refractivity contribution in [2.24, 2.45) is 0 Å². The van der Waals surface area contributed by atoms with Gasteiger partial charge in [-0.3, -0.25) is 0 Å². The van der Waals surface area contributed by atoms with Gasteiger partial charge in [-0.2, -0.15) is 0 Å². The lowest BCUT2D eigenvalue weighted by molar-refractivity contribution is 0.670. The lowest BCUT2D eigenvalue weighted by Crippen LogP contribution is -1.90. The van der Waals surface area contributed by atoms with Gasteiger partial charge < -0.3 is 9.73 Å². The molecule has 0 unspecified atom stereocenters. The van der Waals surface area contributed by atoms with Gasteiger partial charge >= 0.3 is 0 Å². The second-order valence-corrected chi connectivity index (χ2v) is 5.14. The highest BCUT2D eigenvalue weighted by Crippen LogP contribution is 2.34. The number of furan rings is 1. The molecule has 0 spiro atoms. The largest absolute Gasteiger partial charge is 0.454 e. The van der Waals surface area contributed by atoms with Gasteiger partial charge in [0.2, 0.25) is 0 Å². The van der Waals surface area contributed by atoms with E-state index in [-0.39, 0.29) is 21.9 Å². The molecule has 0 aliphatic heterocycles. The minimum atomic E-state index is -0.771. The van der Waals surface area contributed by atoms with Crippen LogP contribution in [0.3, 0.4) is 0 Å². The zero-order chi connectivity index (χ0) is 31.3. The second kappa shape index (κ2) is 6.08.